The van der Waals surface area contributed by atoms with Crippen LogP contribution >= 0.6 is 0 Å². The van der Waals surface area contributed by atoms with Crippen LogP contribution in [0, 0.1) is 11.8 Å². The molecule has 0 saturated carbocycles. The highest BCUT2D eigenvalue weighted by molar-refractivity contribution is 5.72. The topological polar surface area (TPSA) is 26.3 Å². The monoisotopic (exact) mass is 396 g/mol. The van der Waals surface area contributed by atoms with Crippen LogP contribution in [-0.4, -0.2) is 12.6 Å². The van der Waals surface area contributed by atoms with E-state index in [1.807, 2.05) is 6.92 Å². The van der Waals surface area contributed by atoms with Crippen molar-refractivity contribution < 1.29 is 9.53 Å². The number of hydrogen-bond donors (Lipinski definition) is 0. The van der Waals surface area contributed by atoms with Gasteiger partial charge in [-0.15, -0.1) is 0 Å². The summed E-state index contributed by atoms with van der Waals surface area (Å²) in [6, 6.07) is 0. The minimum atomic E-state index is 0.0485. The summed E-state index contributed by atoms with van der Waals surface area (Å²) in [5.41, 5.74) is 0. The molecule has 0 aromatic carbocycles. The number of ether oxygens (including phenoxy) is 1. The zero-order valence-electron chi connectivity index (χ0n) is 19.9. The third-order valence-electron chi connectivity index (χ3n) is 5.86. The van der Waals surface area contributed by atoms with Gasteiger partial charge in [-0.2, -0.15) is 0 Å². The maximum absolute atomic E-state index is 12.2. The molecule has 0 aromatic rings. The maximum atomic E-state index is 12.2. The van der Waals surface area contributed by atoms with Crippen molar-refractivity contribution in [1.29, 1.82) is 0 Å². The molecule has 0 heterocycles. The van der Waals surface area contributed by atoms with E-state index in [1.54, 1.807) is 0 Å². The van der Waals surface area contributed by atoms with Gasteiger partial charge < -0.3 is 4.74 Å². The van der Waals surface area contributed by atoms with E-state index in [9.17, 15) is 4.79 Å². The molecule has 0 saturated heterocycles. The average molecular weight is 397 g/mol. The Labute approximate surface area is 177 Å². The average Bonchev–Trinajstić information content (AvgIpc) is 2.67. The Morgan fingerprint density at radius 2 is 1.00 bits per heavy atom. The highest BCUT2D eigenvalue weighted by Crippen LogP contribution is 2.20. The van der Waals surface area contributed by atoms with Crippen LogP contribution in [0.15, 0.2) is 0 Å². The van der Waals surface area contributed by atoms with Gasteiger partial charge in [0.1, 0.15) is 0 Å². The quantitative estimate of drug-likeness (QED) is 0.143. The summed E-state index contributed by atoms with van der Waals surface area (Å²) in [4.78, 5) is 12.2. The summed E-state index contributed by atoms with van der Waals surface area (Å²) < 4.78 is 5.29. The van der Waals surface area contributed by atoms with E-state index in [-0.39, 0.29) is 11.9 Å². The molecule has 0 bridgehead atoms. The maximum Gasteiger partial charge on any atom is 0.308 e. The predicted octanol–water partition coefficient (Wildman–Crippen LogP) is 8.86. The number of hydrogen-bond acceptors (Lipinski definition) is 2. The third-order valence-corrected chi connectivity index (χ3v) is 5.86. The summed E-state index contributed by atoms with van der Waals surface area (Å²) in [6.07, 6.45) is 23.5. The molecule has 0 aliphatic carbocycles. The molecule has 0 spiro atoms. The lowest BCUT2D eigenvalue weighted by molar-refractivity contribution is -0.148. The fourth-order valence-electron chi connectivity index (χ4n) is 3.99. The van der Waals surface area contributed by atoms with E-state index in [0.29, 0.717) is 6.61 Å². The second kappa shape index (κ2) is 21.2. The van der Waals surface area contributed by atoms with E-state index in [2.05, 4.69) is 20.8 Å². The van der Waals surface area contributed by atoms with Gasteiger partial charge in [-0.05, 0) is 25.7 Å². The van der Waals surface area contributed by atoms with Crippen molar-refractivity contribution >= 4 is 5.97 Å². The number of carbonyl (C=O) groups is 1. The van der Waals surface area contributed by atoms with Gasteiger partial charge in [0, 0.05) is 0 Å². The standard InChI is InChI=1S/C26H52O2/c1-5-7-8-19-22-25(26(27)28-6-2)23-20-17-15-13-11-9-10-12-14-16-18-21-24(3)4/h24-25H,5-23H2,1-4H3. The van der Waals surface area contributed by atoms with Crippen LogP contribution in [0.5, 0.6) is 0 Å². The highest BCUT2D eigenvalue weighted by atomic mass is 16.5. The summed E-state index contributed by atoms with van der Waals surface area (Å²) >= 11 is 0. The summed E-state index contributed by atoms with van der Waals surface area (Å²) in [5, 5.41) is 0. The van der Waals surface area contributed by atoms with Gasteiger partial charge in [-0.3, -0.25) is 4.79 Å². The molecule has 1 unspecified atom stereocenters. The smallest absolute Gasteiger partial charge is 0.308 e. The fourth-order valence-corrected chi connectivity index (χ4v) is 3.99. The van der Waals surface area contributed by atoms with Gasteiger partial charge in [0.05, 0.1) is 12.5 Å². The van der Waals surface area contributed by atoms with Gasteiger partial charge in [0.2, 0.25) is 0 Å². The van der Waals surface area contributed by atoms with Crippen LogP contribution in [0.4, 0.5) is 0 Å². The Bertz CT molecular complexity index is 324. The van der Waals surface area contributed by atoms with E-state index in [4.69, 9.17) is 4.74 Å². The van der Waals surface area contributed by atoms with E-state index < -0.39 is 0 Å². The van der Waals surface area contributed by atoms with E-state index in [1.165, 1.54) is 103 Å². The first-order valence-corrected chi connectivity index (χ1v) is 12.8. The molecular formula is C26H52O2. The van der Waals surface area contributed by atoms with Crippen molar-refractivity contribution in [3.05, 3.63) is 0 Å². The SMILES string of the molecule is CCCCCCC(CCCCCCCCCCCCCC(C)C)C(=O)OCC. The van der Waals surface area contributed by atoms with Gasteiger partial charge in [-0.25, -0.2) is 0 Å². The molecule has 0 aromatic heterocycles. The first kappa shape index (κ1) is 27.5. The Morgan fingerprint density at radius 1 is 0.607 bits per heavy atom. The van der Waals surface area contributed by atoms with E-state index in [0.717, 1.165) is 18.8 Å². The Kier molecular flexibility index (Phi) is 20.8. The minimum Gasteiger partial charge on any atom is -0.466 e. The van der Waals surface area contributed by atoms with Crippen LogP contribution in [-0.2, 0) is 9.53 Å². The van der Waals surface area contributed by atoms with Crippen molar-refractivity contribution in [2.24, 2.45) is 11.8 Å². The van der Waals surface area contributed by atoms with Gasteiger partial charge >= 0.3 is 5.97 Å². The molecule has 0 radical (unpaired) electrons. The zero-order valence-corrected chi connectivity index (χ0v) is 19.9. The van der Waals surface area contributed by atoms with Crippen molar-refractivity contribution in [2.45, 2.75) is 143 Å². The molecule has 168 valence electrons. The lowest BCUT2D eigenvalue weighted by atomic mass is 9.94. The lowest BCUT2D eigenvalue weighted by Gasteiger charge is -2.15. The first-order chi connectivity index (χ1) is 13.6. The molecular weight excluding hydrogens is 344 g/mol. The number of carbonyl (C=O) groups excluding carboxylic acids is 1. The molecule has 1 atom stereocenters. The second-order valence-electron chi connectivity index (χ2n) is 9.16. The second-order valence-corrected chi connectivity index (χ2v) is 9.16. The predicted molar refractivity (Wildman–Crippen MR) is 124 cm³/mol. The molecule has 0 rings (SSSR count). The van der Waals surface area contributed by atoms with Crippen LogP contribution in [0.1, 0.15) is 143 Å². The number of unbranched alkanes of at least 4 members (excludes halogenated alkanes) is 13. The summed E-state index contributed by atoms with van der Waals surface area (Å²) in [6.45, 7) is 9.31. The summed E-state index contributed by atoms with van der Waals surface area (Å²) in [7, 11) is 0. The number of esters is 1. The molecule has 0 N–H and O–H groups in total. The zero-order chi connectivity index (χ0) is 20.9. The van der Waals surface area contributed by atoms with Crippen LogP contribution in [0.25, 0.3) is 0 Å². The Balaban J connectivity index is 3.56. The minimum absolute atomic E-state index is 0.0485. The van der Waals surface area contributed by atoms with Crippen molar-refractivity contribution in [3.63, 3.8) is 0 Å². The normalized spacial score (nSPS) is 12.5. The lowest BCUT2D eigenvalue weighted by Crippen LogP contribution is -2.18. The van der Waals surface area contributed by atoms with Gasteiger partial charge in [0.15, 0.2) is 0 Å². The molecule has 0 aliphatic heterocycles. The Morgan fingerprint density at radius 3 is 1.39 bits per heavy atom. The third kappa shape index (κ3) is 18.8. The molecule has 0 amide bonds. The van der Waals surface area contributed by atoms with Crippen molar-refractivity contribution in [2.75, 3.05) is 6.61 Å². The molecule has 0 aliphatic rings. The molecule has 28 heavy (non-hydrogen) atoms. The van der Waals surface area contributed by atoms with Crippen molar-refractivity contribution in [1.82, 2.24) is 0 Å². The van der Waals surface area contributed by atoms with Crippen LogP contribution in [0.2, 0.25) is 0 Å². The fraction of sp³-hybridized carbons (Fsp3) is 0.962. The Hall–Kier alpha value is -0.530. The highest BCUT2D eigenvalue weighted by Gasteiger charge is 2.18. The number of rotatable bonds is 21. The van der Waals surface area contributed by atoms with Crippen LogP contribution in [0.3, 0.4) is 0 Å². The van der Waals surface area contributed by atoms with Crippen LogP contribution < -0.4 is 0 Å². The van der Waals surface area contributed by atoms with Gasteiger partial charge in [0.25, 0.3) is 0 Å². The van der Waals surface area contributed by atoms with E-state index >= 15 is 0 Å². The van der Waals surface area contributed by atoms with Crippen molar-refractivity contribution in [3.8, 4) is 0 Å². The molecule has 2 nitrogen and oxygen atoms in total. The first-order valence-electron chi connectivity index (χ1n) is 12.8. The largest absolute Gasteiger partial charge is 0.466 e. The summed E-state index contributed by atoms with van der Waals surface area (Å²) in [5.74, 6) is 1.06. The van der Waals surface area contributed by atoms with Gasteiger partial charge in [-0.1, -0.05) is 124 Å². The molecule has 2 heteroatoms. The molecule has 0 fully saturated rings.